The normalized spacial score (nSPS) is 14.9. The number of hydrogen-bond acceptors (Lipinski definition) is 4. The lowest BCUT2D eigenvalue weighted by Crippen LogP contribution is -2.49. The first-order valence-corrected chi connectivity index (χ1v) is 9.33. The smallest absolute Gasteiger partial charge is 0.294 e. The van der Waals surface area contributed by atoms with Crippen LogP contribution < -0.4 is 10.2 Å². The highest BCUT2D eigenvalue weighted by molar-refractivity contribution is 6.05. The molecule has 0 unspecified atom stereocenters. The van der Waals surface area contributed by atoms with Gasteiger partial charge in [0.1, 0.15) is 0 Å². The fourth-order valence-electron chi connectivity index (χ4n) is 3.03. The Labute approximate surface area is 169 Å². The summed E-state index contributed by atoms with van der Waals surface area (Å²) in [5.41, 5.74) is 3.43. The van der Waals surface area contributed by atoms with Gasteiger partial charge < -0.3 is 0 Å². The second-order valence-corrected chi connectivity index (χ2v) is 8.00. The molecule has 7 nitrogen and oxygen atoms in total. The van der Waals surface area contributed by atoms with Crippen molar-refractivity contribution in [3.05, 3.63) is 69.3 Å². The number of nitro benzene ring substituents is 1. The largest absolute Gasteiger partial charge is 0.328 e. The number of benzene rings is 2. The van der Waals surface area contributed by atoms with E-state index < -0.39 is 11.0 Å². The van der Waals surface area contributed by atoms with Crippen molar-refractivity contribution in [2.45, 2.75) is 32.6 Å². The predicted molar refractivity (Wildman–Crippen MR) is 113 cm³/mol. The number of anilines is 1. The minimum absolute atomic E-state index is 0.0461. The van der Waals surface area contributed by atoms with Gasteiger partial charge in [-0.05, 0) is 46.4 Å². The minimum atomic E-state index is -0.430. The van der Waals surface area contributed by atoms with Gasteiger partial charge in [0.15, 0.2) is 0 Å². The molecule has 3 rings (SSSR count). The zero-order valence-corrected chi connectivity index (χ0v) is 16.6. The van der Waals surface area contributed by atoms with Gasteiger partial charge in [-0.2, -0.15) is 0 Å². The van der Waals surface area contributed by atoms with Crippen molar-refractivity contribution in [1.29, 1.82) is 0 Å². The molecule has 1 saturated heterocycles. The standard InChI is InChI=1S/C22H23N3O4/c1-22(2,3)17-12-16(5-4-15-6-8-18(9-7-15)25(28)29)13-19(14-17)24-11-10-20(26)23-21(24)27/h4-9,12-14H,10-11H2,1-3H3,(H,23,26,27). The molecule has 150 valence electrons. The Kier molecular flexibility index (Phi) is 5.50. The Balaban J connectivity index is 1.94. The summed E-state index contributed by atoms with van der Waals surface area (Å²) >= 11 is 0. The molecule has 7 heteroatoms. The van der Waals surface area contributed by atoms with Crippen LogP contribution in [0.1, 0.15) is 43.9 Å². The maximum atomic E-state index is 12.3. The van der Waals surface area contributed by atoms with Crippen LogP contribution in [0.5, 0.6) is 0 Å². The van der Waals surface area contributed by atoms with Gasteiger partial charge in [-0.15, -0.1) is 0 Å². The lowest BCUT2D eigenvalue weighted by molar-refractivity contribution is -0.384. The molecule has 2 aromatic carbocycles. The third-order valence-corrected chi connectivity index (χ3v) is 4.74. The van der Waals surface area contributed by atoms with Gasteiger partial charge in [0.2, 0.25) is 5.91 Å². The Morgan fingerprint density at radius 1 is 1.03 bits per heavy atom. The van der Waals surface area contributed by atoms with Crippen molar-refractivity contribution in [2.75, 3.05) is 11.4 Å². The second-order valence-electron chi connectivity index (χ2n) is 8.00. The van der Waals surface area contributed by atoms with Crippen molar-refractivity contribution >= 4 is 35.5 Å². The van der Waals surface area contributed by atoms with Crippen molar-refractivity contribution in [1.82, 2.24) is 5.32 Å². The first kappa shape index (κ1) is 20.3. The number of non-ortho nitro benzene ring substituents is 1. The molecule has 0 bridgehead atoms. The van der Waals surface area contributed by atoms with Crippen molar-refractivity contribution in [2.24, 2.45) is 0 Å². The molecule has 0 spiro atoms. The molecule has 0 aromatic heterocycles. The van der Waals surface area contributed by atoms with Gasteiger partial charge in [0.25, 0.3) is 5.69 Å². The van der Waals surface area contributed by atoms with Crippen LogP contribution in [0.25, 0.3) is 12.2 Å². The van der Waals surface area contributed by atoms with E-state index in [9.17, 15) is 19.7 Å². The average Bonchev–Trinajstić information content (AvgIpc) is 2.65. The van der Waals surface area contributed by atoms with Gasteiger partial charge in [-0.1, -0.05) is 39.0 Å². The molecule has 1 N–H and O–H groups in total. The minimum Gasteiger partial charge on any atom is -0.294 e. The van der Waals surface area contributed by atoms with Crippen molar-refractivity contribution in [3.63, 3.8) is 0 Å². The Hall–Kier alpha value is -3.48. The van der Waals surface area contributed by atoms with E-state index >= 15 is 0 Å². The van der Waals surface area contributed by atoms with Crippen LogP contribution >= 0.6 is 0 Å². The number of hydrogen-bond donors (Lipinski definition) is 1. The number of amides is 3. The van der Waals surface area contributed by atoms with Crippen LogP contribution in [0.15, 0.2) is 42.5 Å². The zero-order valence-electron chi connectivity index (χ0n) is 16.6. The predicted octanol–water partition coefficient (Wildman–Crippen LogP) is 4.51. The molecular formula is C22H23N3O4. The summed E-state index contributed by atoms with van der Waals surface area (Å²) in [6.07, 6.45) is 4.04. The van der Waals surface area contributed by atoms with Crippen LogP contribution in [0.2, 0.25) is 0 Å². The van der Waals surface area contributed by atoms with E-state index in [4.69, 9.17) is 0 Å². The summed E-state index contributed by atoms with van der Waals surface area (Å²) in [5, 5.41) is 13.1. The number of rotatable bonds is 4. The van der Waals surface area contributed by atoms with E-state index in [-0.39, 0.29) is 23.4 Å². The van der Waals surface area contributed by atoms with Crippen LogP contribution in [-0.2, 0) is 10.2 Å². The van der Waals surface area contributed by atoms with Crippen LogP contribution in [-0.4, -0.2) is 23.4 Å². The number of carbonyl (C=O) groups is 2. The second kappa shape index (κ2) is 7.87. The monoisotopic (exact) mass is 393 g/mol. The molecule has 1 fully saturated rings. The summed E-state index contributed by atoms with van der Waals surface area (Å²) in [4.78, 5) is 35.6. The molecule has 3 amide bonds. The third kappa shape index (κ3) is 4.87. The van der Waals surface area contributed by atoms with Gasteiger partial charge in [-0.3, -0.25) is 25.1 Å². The summed E-state index contributed by atoms with van der Waals surface area (Å²) in [7, 11) is 0. The first-order chi connectivity index (χ1) is 13.6. The lowest BCUT2D eigenvalue weighted by Gasteiger charge is -2.29. The fourth-order valence-corrected chi connectivity index (χ4v) is 3.03. The highest BCUT2D eigenvalue weighted by Gasteiger charge is 2.25. The van der Waals surface area contributed by atoms with Gasteiger partial charge in [0.05, 0.1) is 4.92 Å². The number of carbonyl (C=O) groups excluding carboxylic acids is 2. The molecular weight excluding hydrogens is 370 g/mol. The van der Waals surface area contributed by atoms with Gasteiger partial charge in [0, 0.05) is 30.8 Å². The van der Waals surface area contributed by atoms with Crippen molar-refractivity contribution < 1.29 is 14.5 Å². The van der Waals surface area contributed by atoms with E-state index in [1.54, 1.807) is 17.0 Å². The highest BCUT2D eigenvalue weighted by atomic mass is 16.6. The average molecular weight is 393 g/mol. The Morgan fingerprint density at radius 2 is 1.69 bits per heavy atom. The van der Waals surface area contributed by atoms with Crippen molar-refractivity contribution in [3.8, 4) is 0 Å². The van der Waals surface area contributed by atoms with Crippen LogP contribution in [0.3, 0.4) is 0 Å². The number of nitrogens with one attached hydrogen (secondary N) is 1. The van der Waals surface area contributed by atoms with Crippen LogP contribution in [0.4, 0.5) is 16.2 Å². The maximum Gasteiger partial charge on any atom is 0.328 e. The number of nitro groups is 1. The molecule has 1 heterocycles. The molecule has 0 atom stereocenters. The van der Waals surface area contributed by atoms with E-state index in [0.717, 1.165) is 22.4 Å². The maximum absolute atomic E-state index is 12.3. The fraction of sp³-hybridized carbons (Fsp3) is 0.273. The summed E-state index contributed by atoms with van der Waals surface area (Å²) in [6.45, 7) is 6.62. The van der Waals surface area contributed by atoms with Gasteiger partial charge >= 0.3 is 6.03 Å². The number of nitrogens with zero attached hydrogens (tertiary/aromatic N) is 2. The molecule has 0 radical (unpaired) electrons. The molecule has 1 aliphatic heterocycles. The van der Waals surface area contributed by atoms with E-state index in [0.29, 0.717) is 6.54 Å². The van der Waals surface area contributed by atoms with E-state index in [2.05, 4.69) is 32.2 Å². The topological polar surface area (TPSA) is 92.6 Å². The zero-order chi connectivity index (χ0) is 21.2. The Morgan fingerprint density at radius 3 is 2.28 bits per heavy atom. The van der Waals surface area contributed by atoms with Crippen LogP contribution in [0, 0.1) is 10.1 Å². The van der Waals surface area contributed by atoms with E-state index in [1.807, 2.05) is 24.3 Å². The quantitative estimate of drug-likeness (QED) is 0.470. The third-order valence-electron chi connectivity index (χ3n) is 4.74. The molecule has 2 aromatic rings. The lowest BCUT2D eigenvalue weighted by atomic mass is 9.85. The Bertz CT molecular complexity index is 988. The van der Waals surface area contributed by atoms with E-state index in [1.165, 1.54) is 12.1 Å². The first-order valence-electron chi connectivity index (χ1n) is 9.33. The number of urea groups is 1. The SMILES string of the molecule is CC(C)(C)c1cc(C=Cc2ccc([N+](=O)[O-])cc2)cc(N2CCC(=O)NC2=O)c1. The molecule has 0 aliphatic carbocycles. The highest BCUT2D eigenvalue weighted by Crippen LogP contribution is 2.30. The summed E-state index contributed by atoms with van der Waals surface area (Å²) in [6, 6.07) is 11.8. The molecule has 1 aliphatic rings. The summed E-state index contributed by atoms with van der Waals surface area (Å²) < 4.78 is 0. The van der Waals surface area contributed by atoms with Gasteiger partial charge in [-0.25, -0.2) is 4.79 Å². The molecule has 29 heavy (non-hydrogen) atoms. The summed E-state index contributed by atoms with van der Waals surface area (Å²) in [5.74, 6) is -0.267. The molecule has 0 saturated carbocycles. The number of imide groups is 1.